The van der Waals surface area contributed by atoms with Gasteiger partial charge in [-0.05, 0) is 120 Å². The lowest BCUT2D eigenvalue weighted by Crippen LogP contribution is -1.93. The fourth-order valence-corrected chi connectivity index (χ4v) is 7.78. The smallest absolute Gasteiger partial charge is 0.136 e. The number of rotatable bonds is 2. The Kier molecular flexibility index (Phi) is 5.18. The Bertz CT molecular complexity index is 2650. The van der Waals surface area contributed by atoms with Crippen LogP contribution in [0.1, 0.15) is 17.5 Å². The molecule has 0 saturated carbocycles. The lowest BCUT2D eigenvalue weighted by molar-refractivity contribution is 0.668. The summed E-state index contributed by atoms with van der Waals surface area (Å²) in [5.41, 5.74) is 9.60. The molecule has 0 spiro atoms. The summed E-state index contributed by atoms with van der Waals surface area (Å²) < 4.78 is 6.39. The Morgan fingerprint density at radius 3 is 1.78 bits per heavy atom. The highest BCUT2D eigenvalue weighted by atomic mass is 16.3. The zero-order valence-electron chi connectivity index (χ0n) is 24.7. The maximum Gasteiger partial charge on any atom is 0.136 e. The van der Waals surface area contributed by atoms with Crippen molar-refractivity contribution in [2.45, 2.75) is 12.8 Å². The first-order valence-electron chi connectivity index (χ1n) is 15.8. The second-order valence-corrected chi connectivity index (χ2v) is 12.4. The van der Waals surface area contributed by atoms with Crippen molar-refractivity contribution in [1.82, 2.24) is 0 Å². The van der Waals surface area contributed by atoms with E-state index in [1.165, 1.54) is 87.2 Å². The summed E-state index contributed by atoms with van der Waals surface area (Å²) in [5, 5.41) is 12.6. The third-order valence-electron chi connectivity index (χ3n) is 9.86. The maximum absolute atomic E-state index is 6.39. The Labute approximate surface area is 260 Å². The lowest BCUT2D eigenvalue weighted by Gasteiger charge is -2.18. The van der Waals surface area contributed by atoms with Crippen molar-refractivity contribution in [3.8, 4) is 22.3 Å². The number of aryl methyl sites for hydroxylation is 1. The summed E-state index contributed by atoms with van der Waals surface area (Å²) in [6.07, 6.45) is 6.66. The topological polar surface area (TPSA) is 13.1 Å². The molecule has 1 aliphatic rings. The number of fused-ring (bicyclic) bond motifs is 9. The fraction of sp³-hybridized carbons (Fsp3) is 0.0455. The van der Waals surface area contributed by atoms with Gasteiger partial charge >= 0.3 is 0 Å². The standard InChI is InChI=1S/C44H28O/c1-2-11-29-26-42-40(24-28(29)10-1)39-25-32(20-22-41(39)45-42)44-37-15-7-5-13-35(37)43(36-14-6-8-16-38(36)44)31-19-21-34-30(23-31)18-17-27-9-3-4-12-33(27)34/h2-9,11-26H,1,10H2. The van der Waals surface area contributed by atoms with Crippen LogP contribution in [0, 0.1) is 0 Å². The zero-order chi connectivity index (χ0) is 29.5. The summed E-state index contributed by atoms with van der Waals surface area (Å²) in [6, 6.07) is 49.3. The molecule has 45 heavy (non-hydrogen) atoms. The SMILES string of the molecule is C1=Cc2cc3oc4ccc(-c5c6ccccc6c(-c6ccc7c(ccc8ccccc87)c6)c6ccccc56)cc4c3cc2CC1. The average molecular weight is 573 g/mol. The molecular formula is C44H28O. The highest BCUT2D eigenvalue weighted by Crippen LogP contribution is 2.45. The minimum atomic E-state index is 0.939. The Balaban J connectivity index is 1.24. The van der Waals surface area contributed by atoms with E-state index in [-0.39, 0.29) is 0 Å². The second-order valence-electron chi connectivity index (χ2n) is 12.4. The van der Waals surface area contributed by atoms with Gasteiger partial charge in [-0.15, -0.1) is 0 Å². The molecule has 0 N–H and O–H groups in total. The van der Waals surface area contributed by atoms with Crippen LogP contribution in [0.2, 0.25) is 0 Å². The van der Waals surface area contributed by atoms with Crippen molar-refractivity contribution in [2.24, 2.45) is 0 Å². The lowest BCUT2D eigenvalue weighted by atomic mass is 9.85. The summed E-state index contributed by atoms with van der Waals surface area (Å²) in [4.78, 5) is 0. The van der Waals surface area contributed by atoms with E-state index in [0.717, 1.165) is 24.0 Å². The molecule has 0 aliphatic heterocycles. The van der Waals surface area contributed by atoms with Crippen LogP contribution in [-0.4, -0.2) is 0 Å². The van der Waals surface area contributed by atoms with Gasteiger partial charge in [-0.25, -0.2) is 0 Å². The van der Waals surface area contributed by atoms with E-state index >= 15 is 0 Å². The molecule has 0 radical (unpaired) electrons. The van der Waals surface area contributed by atoms with E-state index < -0.39 is 0 Å². The average Bonchev–Trinajstić information content (AvgIpc) is 3.45. The molecule has 210 valence electrons. The van der Waals surface area contributed by atoms with Gasteiger partial charge in [0.15, 0.2) is 0 Å². The van der Waals surface area contributed by atoms with Crippen molar-refractivity contribution in [3.05, 3.63) is 151 Å². The van der Waals surface area contributed by atoms with Crippen molar-refractivity contribution >= 4 is 71.1 Å². The zero-order valence-corrected chi connectivity index (χ0v) is 24.7. The first-order chi connectivity index (χ1) is 22.3. The number of hydrogen-bond acceptors (Lipinski definition) is 1. The van der Waals surface area contributed by atoms with Crippen molar-refractivity contribution in [1.29, 1.82) is 0 Å². The third-order valence-corrected chi connectivity index (χ3v) is 9.86. The predicted octanol–water partition coefficient (Wildman–Crippen LogP) is 12.5. The molecule has 1 heterocycles. The summed E-state index contributed by atoms with van der Waals surface area (Å²) in [7, 11) is 0. The molecule has 0 unspecified atom stereocenters. The van der Waals surface area contributed by atoms with Gasteiger partial charge in [0.05, 0.1) is 0 Å². The molecule has 1 aliphatic carbocycles. The molecule has 8 aromatic carbocycles. The maximum atomic E-state index is 6.39. The van der Waals surface area contributed by atoms with Gasteiger partial charge in [0.1, 0.15) is 11.2 Å². The number of furan rings is 1. The van der Waals surface area contributed by atoms with Crippen LogP contribution < -0.4 is 0 Å². The molecule has 0 bridgehead atoms. The summed E-state index contributed by atoms with van der Waals surface area (Å²) in [6.45, 7) is 0. The van der Waals surface area contributed by atoms with E-state index in [2.05, 4.69) is 146 Å². The third kappa shape index (κ3) is 3.68. The molecule has 0 amide bonds. The van der Waals surface area contributed by atoms with Crippen molar-refractivity contribution in [3.63, 3.8) is 0 Å². The summed E-state index contributed by atoms with van der Waals surface area (Å²) in [5.74, 6) is 0. The van der Waals surface area contributed by atoms with Crippen molar-refractivity contribution in [2.75, 3.05) is 0 Å². The van der Waals surface area contributed by atoms with Crippen LogP contribution in [0.15, 0.2) is 144 Å². The molecular weight excluding hydrogens is 544 g/mol. The predicted molar refractivity (Wildman–Crippen MR) is 192 cm³/mol. The molecule has 1 aromatic heterocycles. The molecule has 1 heteroatoms. The molecule has 0 atom stereocenters. The first kappa shape index (κ1) is 24.7. The number of hydrogen-bond donors (Lipinski definition) is 0. The highest BCUT2D eigenvalue weighted by molar-refractivity contribution is 6.23. The van der Waals surface area contributed by atoms with E-state index in [1.807, 2.05) is 0 Å². The van der Waals surface area contributed by atoms with Crippen LogP contribution in [0.5, 0.6) is 0 Å². The van der Waals surface area contributed by atoms with Gasteiger partial charge in [0.25, 0.3) is 0 Å². The minimum absolute atomic E-state index is 0.939. The van der Waals surface area contributed by atoms with E-state index in [9.17, 15) is 0 Å². The first-order valence-corrected chi connectivity index (χ1v) is 15.8. The Morgan fingerprint density at radius 2 is 1.02 bits per heavy atom. The minimum Gasteiger partial charge on any atom is -0.456 e. The van der Waals surface area contributed by atoms with E-state index in [1.54, 1.807) is 0 Å². The van der Waals surface area contributed by atoms with E-state index in [0.29, 0.717) is 0 Å². The molecule has 1 nitrogen and oxygen atoms in total. The van der Waals surface area contributed by atoms with Gasteiger partial charge < -0.3 is 4.42 Å². The Morgan fingerprint density at radius 1 is 0.422 bits per heavy atom. The molecule has 9 aromatic rings. The van der Waals surface area contributed by atoms with Gasteiger partial charge in [0.2, 0.25) is 0 Å². The van der Waals surface area contributed by atoms with Crippen LogP contribution in [0.3, 0.4) is 0 Å². The van der Waals surface area contributed by atoms with Crippen LogP contribution >= 0.6 is 0 Å². The fourth-order valence-electron chi connectivity index (χ4n) is 7.78. The van der Waals surface area contributed by atoms with Gasteiger partial charge in [-0.3, -0.25) is 0 Å². The van der Waals surface area contributed by atoms with E-state index in [4.69, 9.17) is 4.42 Å². The van der Waals surface area contributed by atoms with Gasteiger partial charge in [0, 0.05) is 10.8 Å². The molecule has 0 saturated heterocycles. The van der Waals surface area contributed by atoms with Crippen LogP contribution in [-0.2, 0) is 6.42 Å². The van der Waals surface area contributed by atoms with Gasteiger partial charge in [-0.1, -0.05) is 115 Å². The summed E-state index contributed by atoms with van der Waals surface area (Å²) >= 11 is 0. The van der Waals surface area contributed by atoms with Crippen LogP contribution in [0.4, 0.5) is 0 Å². The second kappa shape index (κ2) is 9.42. The van der Waals surface area contributed by atoms with Gasteiger partial charge in [-0.2, -0.15) is 0 Å². The number of benzene rings is 8. The Hall–Kier alpha value is -5.66. The van der Waals surface area contributed by atoms with Crippen LogP contribution in [0.25, 0.3) is 93.4 Å². The normalized spacial score (nSPS) is 13.1. The quantitative estimate of drug-likeness (QED) is 0.148. The molecule has 10 rings (SSSR count). The largest absolute Gasteiger partial charge is 0.456 e. The molecule has 0 fully saturated rings. The number of allylic oxidation sites excluding steroid dienone is 1. The monoisotopic (exact) mass is 572 g/mol. The highest BCUT2D eigenvalue weighted by Gasteiger charge is 2.19. The van der Waals surface area contributed by atoms with Crippen molar-refractivity contribution < 1.29 is 4.42 Å².